The van der Waals surface area contributed by atoms with Gasteiger partial charge >= 0.3 is 0 Å². The molecule has 0 spiro atoms. The fourth-order valence-electron chi connectivity index (χ4n) is 9.71. The molecule has 10 rings (SSSR count). The van der Waals surface area contributed by atoms with E-state index in [1.165, 1.54) is 62.2 Å². The molecule has 3 unspecified atom stereocenters. The monoisotopic (exact) mass is 624 g/mol. The standard InChI is InChI=1S/C45H40N2O/c1-45(2)37-18-9-6-17-36(37)44-38(45)19-12-21-40(44)46(31-24-26-35-34-16-8-11-22-42(34)48-43(35)28-31)30-23-25-33-32-15-7-10-20-39(32)47(41(33)27-30)29-13-4-3-5-14-29/h3-6,8-9,11-22,24,26,28,30,33,41H,7,10,23,25,27H2,1-2H3. The number of fused-ring (bicyclic) bond motifs is 9. The van der Waals surface area contributed by atoms with Gasteiger partial charge in [0.2, 0.25) is 0 Å². The van der Waals surface area contributed by atoms with Crippen LogP contribution < -0.4 is 9.80 Å². The van der Waals surface area contributed by atoms with Crippen LogP contribution in [-0.4, -0.2) is 12.1 Å². The Morgan fingerprint density at radius 2 is 1.48 bits per heavy atom. The first-order valence-electron chi connectivity index (χ1n) is 17.8. The molecule has 1 saturated carbocycles. The molecule has 3 heteroatoms. The van der Waals surface area contributed by atoms with Crippen molar-refractivity contribution in [3.05, 3.63) is 150 Å². The van der Waals surface area contributed by atoms with Crippen LogP contribution in [0.2, 0.25) is 0 Å². The zero-order valence-corrected chi connectivity index (χ0v) is 27.7. The first-order valence-corrected chi connectivity index (χ1v) is 17.8. The molecular formula is C45H40N2O. The zero-order chi connectivity index (χ0) is 32.0. The molecule has 0 N–H and O–H groups in total. The number of nitrogens with zero attached hydrogens (tertiary/aromatic N) is 2. The van der Waals surface area contributed by atoms with Crippen molar-refractivity contribution in [2.75, 3.05) is 9.80 Å². The van der Waals surface area contributed by atoms with Crippen LogP contribution in [0.5, 0.6) is 0 Å². The number of furan rings is 1. The van der Waals surface area contributed by atoms with Gasteiger partial charge in [-0.15, -0.1) is 0 Å². The molecule has 5 aromatic carbocycles. The Morgan fingerprint density at radius 1 is 0.708 bits per heavy atom. The smallest absolute Gasteiger partial charge is 0.137 e. The van der Waals surface area contributed by atoms with E-state index in [1.807, 2.05) is 0 Å². The number of anilines is 3. The van der Waals surface area contributed by atoms with Crippen molar-refractivity contribution in [3.8, 4) is 11.1 Å². The Bertz CT molecular complexity index is 2290. The second-order valence-corrected chi connectivity index (χ2v) is 14.7. The van der Waals surface area contributed by atoms with Gasteiger partial charge in [-0.2, -0.15) is 0 Å². The van der Waals surface area contributed by atoms with Crippen LogP contribution >= 0.6 is 0 Å². The molecule has 0 amide bonds. The highest BCUT2D eigenvalue weighted by atomic mass is 16.3. The van der Waals surface area contributed by atoms with Gasteiger partial charge in [0.05, 0.1) is 0 Å². The second kappa shape index (κ2) is 10.5. The minimum Gasteiger partial charge on any atom is -0.456 e. The van der Waals surface area contributed by atoms with Crippen LogP contribution in [0.15, 0.2) is 143 Å². The van der Waals surface area contributed by atoms with Gasteiger partial charge < -0.3 is 14.2 Å². The SMILES string of the molecule is CC1(C)c2ccccc2-c2c(N(c3ccc4c(c3)oc3ccccc34)C3CCC4C5=CCCC=C5N(c5ccccc5)C4C3)cccc21. The fourth-order valence-corrected chi connectivity index (χ4v) is 9.71. The summed E-state index contributed by atoms with van der Waals surface area (Å²) in [7, 11) is 0. The second-order valence-electron chi connectivity index (χ2n) is 14.7. The van der Waals surface area contributed by atoms with E-state index >= 15 is 0 Å². The average Bonchev–Trinajstić information content (AvgIpc) is 3.74. The van der Waals surface area contributed by atoms with Crippen LogP contribution in [0.4, 0.5) is 17.1 Å². The molecule has 1 aliphatic heterocycles. The van der Waals surface area contributed by atoms with Gasteiger partial charge in [0.1, 0.15) is 11.2 Å². The minimum absolute atomic E-state index is 0.0574. The highest BCUT2D eigenvalue weighted by Crippen LogP contribution is 2.55. The molecule has 4 aliphatic rings. The minimum atomic E-state index is -0.0574. The van der Waals surface area contributed by atoms with E-state index in [9.17, 15) is 0 Å². The maximum absolute atomic E-state index is 6.51. The average molecular weight is 625 g/mol. The summed E-state index contributed by atoms with van der Waals surface area (Å²) in [5.74, 6) is 0.564. The quantitative estimate of drug-likeness (QED) is 0.195. The maximum Gasteiger partial charge on any atom is 0.137 e. The van der Waals surface area contributed by atoms with Crippen molar-refractivity contribution < 1.29 is 4.42 Å². The van der Waals surface area contributed by atoms with Crippen LogP contribution in [0.1, 0.15) is 57.1 Å². The van der Waals surface area contributed by atoms with Gasteiger partial charge in [0.25, 0.3) is 0 Å². The summed E-state index contributed by atoms with van der Waals surface area (Å²) in [6, 6.07) is 43.3. The predicted molar refractivity (Wildman–Crippen MR) is 199 cm³/mol. The van der Waals surface area contributed by atoms with E-state index < -0.39 is 0 Å². The molecule has 0 radical (unpaired) electrons. The summed E-state index contributed by atoms with van der Waals surface area (Å²) in [4.78, 5) is 5.39. The highest BCUT2D eigenvalue weighted by molar-refractivity contribution is 6.06. The lowest BCUT2D eigenvalue weighted by atomic mass is 9.78. The molecule has 0 bridgehead atoms. The third-order valence-electron chi connectivity index (χ3n) is 11.8. The lowest BCUT2D eigenvalue weighted by molar-refractivity contribution is 0.334. The third-order valence-corrected chi connectivity index (χ3v) is 11.8. The Kier molecular flexibility index (Phi) is 6.13. The van der Waals surface area contributed by atoms with E-state index in [4.69, 9.17) is 4.42 Å². The Balaban J connectivity index is 1.16. The molecule has 3 aliphatic carbocycles. The van der Waals surface area contributed by atoms with Gasteiger partial charge in [0.15, 0.2) is 0 Å². The number of rotatable bonds is 4. The topological polar surface area (TPSA) is 19.6 Å². The van der Waals surface area contributed by atoms with Gasteiger partial charge in [-0.3, -0.25) is 0 Å². The lowest BCUT2D eigenvalue weighted by Gasteiger charge is -2.43. The van der Waals surface area contributed by atoms with E-state index in [-0.39, 0.29) is 5.41 Å². The predicted octanol–water partition coefficient (Wildman–Crippen LogP) is 11.7. The summed E-state index contributed by atoms with van der Waals surface area (Å²) >= 11 is 0. The summed E-state index contributed by atoms with van der Waals surface area (Å²) in [6.45, 7) is 4.77. The Morgan fingerprint density at radius 3 is 2.40 bits per heavy atom. The normalized spacial score (nSPS) is 22.1. The molecule has 48 heavy (non-hydrogen) atoms. The van der Waals surface area contributed by atoms with Crippen LogP contribution in [0, 0.1) is 5.92 Å². The van der Waals surface area contributed by atoms with Gasteiger partial charge in [-0.05, 0) is 90.8 Å². The van der Waals surface area contributed by atoms with Crippen molar-refractivity contribution >= 4 is 39.0 Å². The number of hydrogen-bond donors (Lipinski definition) is 0. The number of hydrogen-bond acceptors (Lipinski definition) is 3. The molecule has 1 aromatic heterocycles. The van der Waals surface area contributed by atoms with Crippen LogP contribution in [-0.2, 0) is 5.41 Å². The van der Waals surface area contributed by atoms with Crippen molar-refractivity contribution in [1.29, 1.82) is 0 Å². The van der Waals surface area contributed by atoms with Crippen molar-refractivity contribution in [3.63, 3.8) is 0 Å². The van der Waals surface area contributed by atoms with E-state index in [0.717, 1.165) is 36.8 Å². The lowest BCUT2D eigenvalue weighted by Crippen LogP contribution is -2.45. The molecular weight excluding hydrogens is 585 g/mol. The van der Waals surface area contributed by atoms with Crippen LogP contribution in [0.3, 0.4) is 0 Å². The molecule has 3 nitrogen and oxygen atoms in total. The highest BCUT2D eigenvalue weighted by Gasteiger charge is 2.47. The third kappa shape index (κ3) is 4.00. The fraction of sp³-hybridized carbons (Fsp3) is 0.244. The molecule has 236 valence electrons. The number of para-hydroxylation sites is 2. The largest absolute Gasteiger partial charge is 0.456 e. The maximum atomic E-state index is 6.51. The molecule has 2 heterocycles. The van der Waals surface area contributed by atoms with Crippen molar-refractivity contribution in [2.45, 2.75) is 63.5 Å². The van der Waals surface area contributed by atoms with Gasteiger partial charge in [0, 0.05) is 68.6 Å². The van der Waals surface area contributed by atoms with Gasteiger partial charge in [-0.1, -0.05) is 98.8 Å². The molecule has 6 aromatic rings. The first-order chi connectivity index (χ1) is 23.6. The summed E-state index contributed by atoms with van der Waals surface area (Å²) in [5.41, 5.74) is 14.3. The van der Waals surface area contributed by atoms with Gasteiger partial charge in [-0.25, -0.2) is 0 Å². The first kappa shape index (κ1) is 28.0. The molecule has 3 atom stereocenters. The summed E-state index contributed by atoms with van der Waals surface area (Å²) in [5, 5.41) is 2.35. The molecule has 1 saturated heterocycles. The van der Waals surface area contributed by atoms with E-state index in [1.54, 1.807) is 5.57 Å². The number of allylic oxidation sites excluding steroid dienone is 3. The van der Waals surface area contributed by atoms with E-state index in [2.05, 4.69) is 151 Å². The van der Waals surface area contributed by atoms with Crippen molar-refractivity contribution in [2.24, 2.45) is 5.92 Å². The van der Waals surface area contributed by atoms with Crippen molar-refractivity contribution in [1.82, 2.24) is 0 Å². The molecule has 2 fully saturated rings. The van der Waals surface area contributed by atoms with Crippen LogP contribution in [0.25, 0.3) is 33.1 Å². The summed E-state index contributed by atoms with van der Waals surface area (Å²) < 4.78 is 6.51. The Labute approximate surface area is 282 Å². The van der Waals surface area contributed by atoms with E-state index in [0.29, 0.717) is 18.0 Å². The summed E-state index contributed by atoms with van der Waals surface area (Å²) in [6.07, 6.45) is 10.7. The Hall–Kier alpha value is -5.02. The zero-order valence-electron chi connectivity index (χ0n) is 27.7. The number of benzene rings is 5.